The lowest BCUT2D eigenvalue weighted by molar-refractivity contribution is -0.119. The van der Waals surface area contributed by atoms with Crippen LogP contribution in [0.4, 0.5) is 5.69 Å². The molecule has 26 heavy (non-hydrogen) atoms. The number of furan rings is 1. The summed E-state index contributed by atoms with van der Waals surface area (Å²) in [6.45, 7) is 2.93. The number of amides is 1. The largest absolute Gasteiger partial charge is 0.493 e. The fourth-order valence-electron chi connectivity index (χ4n) is 2.16. The smallest absolute Gasteiger partial charge is 0.242 e. The maximum Gasteiger partial charge on any atom is 0.242 e. The van der Waals surface area contributed by atoms with Gasteiger partial charge in [-0.25, -0.2) is 4.99 Å². The van der Waals surface area contributed by atoms with Crippen LogP contribution in [0.2, 0.25) is 0 Å². The number of nitrogens with one attached hydrogen (secondary N) is 3. The molecule has 0 saturated carbocycles. The Morgan fingerprint density at radius 1 is 1.15 bits per heavy atom. The highest BCUT2D eigenvalue weighted by molar-refractivity contribution is 5.95. The summed E-state index contributed by atoms with van der Waals surface area (Å²) in [5.74, 6) is 2.22. The molecule has 140 valence electrons. The number of ether oxygens (including phenoxy) is 2. The second kappa shape index (κ2) is 9.97. The van der Waals surface area contributed by atoms with Gasteiger partial charge in [0, 0.05) is 18.3 Å². The lowest BCUT2D eigenvalue weighted by atomic mass is 10.3. The molecule has 0 atom stereocenters. The molecule has 0 fully saturated rings. The van der Waals surface area contributed by atoms with Crippen LogP contribution in [0.15, 0.2) is 46.0 Å². The highest BCUT2D eigenvalue weighted by atomic mass is 16.5. The summed E-state index contributed by atoms with van der Waals surface area (Å²) >= 11 is 0. The molecule has 8 nitrogen and oxygen atoms in total. The van der Waals surface area contributed by atoms with E-state index in [-0.39, 0.29) is 12.5 Å². The van der Waals surface area contributed by atoms with E-state index in [9.17, 15) is 4.79 Å². The quantitative estimate of drug-likeness (QED) is 0.492. The Bertz CT molecular complexity index is 729. The van der Waals surface area contributed by atoms with Gasteiger partial charge in [-0.3, -0.25) is 4.79 Å². The van der Waals surface area contributed by atoms with E-state index in [4.69, 9.17) is 13.9 Å². The maximum absolute atomic E-state index is 11.9. The number of carbonyl (C=O) groups is 1. The average molecular weight is 360 g/mol. The predicted molar refractivity (Wildman–Crippen MR) is 99.7 cm³/mol. The van der Waals surface area contributed by atoms with Gasteiger partial charge in [0.15, 0.2) is 17.5 Å². The molecule has 1 aromatic heterocycles. The minimum Gasteiger partial charge on any atom is -0.493 e. The van der Waals surface area contributed by atoms with Crippen molar-refractivity contribution in [3.63, 3.8) is 0 Å². The number of nitrogens with zero attached hydrogens (tertiary/aromatic N) is 1. The van der Waals surface area contributed by atoms with E-state index in [0.29, 0.717) is 36.3 Å². The molecule has 0 bridgehead atoms. The molecular formula is C18H24N4O4. The predicted octanol–water partition coefficient (Wildman–Crippen LogP) is 1.99. The normalized spacial score (nSPS) is 11.0. The Balaban J connectivity index is 1.96. The maximum atomic E-state index is 11.9. The zero-order valence-corrected chi connectivity index (χ0v) is 15.2. The van der Waals surface area contributed by atoms with Gasteiger partial charge in [-0.1, -0.05) is 0 Å². The number of guanidine groups is 1. The summed E-state index contributed by atoms with van der Waals surface area (Å²) in [6, 6.07) is 9.00. The van der Waals surface area contributed by atoms with Gasteiger partial charge < -0.3 is 29.8 Å². The van der Waals surface area contributed by atoms with Crippen LogP contribution in [-0.2, 0) is 11.3 Å². The standard InChI is InChI=1S/C18H24N4O4/c1-4-19-18(21-12-17(23)20-11-14-6-5-9-26-14)22-13-7-8-15(24-2)16(10-13)25-3/h5-10H,4,11-12H2,1-3H3,(H,20,23)(H2,19,21,22). The number of benzene rings is 1. The molecule has 1 amide bonds. The van der Waals surface area contributed by atoms with E-state index in [0.717, 1.165) is 5.69 Å². The van der Waals surface area contributed by atoms with Gasteiger partial charge in [0.2, 0.25) is 5.91 Å². The first-order valence-electron chi connectivity index (χ1n) is 8.22. The highest BCUT2D eigenvalue weighted by Gasteiger charge is 2.07. The van der Waals surface area contributed by atoms with Crippen LogP contribution in [0, 0.1) is 0 Å². The van der Waals surface area contributed by atoms with Crippen molar-refractivity contribution in [3.05, 3.63) is 42.4 Å². The van der Waals surface area contributed by atoms with Crippen molar-refractivity contribution in [1.82, 2.24) is 10.6 Å². The SMILES string of the molecule is CCNC(=NCC(=O)NCc1ccco1)Nc1ccc(OC)c(OC)c1. The molecule has 8 heteroatoms. The lowest BCUT2D eigenvalue weighted by Crippen LogP contribution is -2.33. The van der Waals surface area contributed by atoms with Gasteiger partial charge in [0.25, 0.3) is 0 Å². The van der Waals surface area contributed by atoms with Crippen molar-refractivity contribution < 1.29 is 18.7 Å². The number of hydrogen-bond acceptors (Lipinski definition) is 5. The van der Waals surface area contributed by atoms with Crippen molar-refractivity contribution in [2.75, 3.05) is 32.6 Å². The molecule has 0 aliphatic carbocycles. The van der Waals surface area contributed by atoms with E-state index >= 15 is 0 Å². The van der Waals surface area contributed by atoms with E-state index in [1.807, 2.05) is 13.0 Å². The number of anilines is 1. The van der Waals surface area contributed by atoms with Crippen LogP contribution in [0.3, 0.4) is 0 Å². The minimum absolute atomic E-state index is 0.0106. The third-order valence-corrected chi connectivity index (χ3v) is 3.41. The molecular weight excluding hydrogens is 336 g/mol. The third kappa shape index (κ3) is 5.73. The number of rotatable bonds is 8. The summed E-state index contributed by atoms with van der Waals surface area (Å²) in [4.78, 5) is 16.2. The molecule has 0 aliphatic rings. The first-order valence-corrected chi connectivity index (χ1v) is 8.22. The Morgan fingerprint density at radius 2 is 1.96 bits per heavy atom. The molecule has 2 rings (SSSR count). The first-order chi connectivity index (χ1) is 12.7. The molecule has 0 radical (unpaired) electrons. The molecule has 0 aliphatic heterocycles. The summed E-state index contributed by atoms with van der Waals surface area (Å²) in [6.07, 6.45) is 1.57. The molecule has 0 saturated heterocycles. The highest BCUT2D eigenvalue weighted by Crippen LogP contribution is 2.29. The van der Waals surface area contributed by atoms with Crippen molar-refractivity contribution in [3.8, 4) is 11.5 Å². The molecule has 0 spiro atoms. The molecule has 1 aromatic carbocycles. The number of carbonyl (C=O) groups excluding carboxylic acids is 1. The summed E-state index contributed by atoms with van der Waals surface area (Å²) in [5.41, 5.74) is 0.762. The van der Waals surface area contributed by atoms with Crippen LogP contribution in [0.1, 0.15) is 12.7 Å². The van der Waals surface area contributed by atoms with Crippen LogP contribution < -0.4 is 25.4 Å². The second-order valence-corrected chi connectivity index (χ2v) is 5.25. The minimum atomic E-state index is -0.203. The Kier molecular flexibility index (Phi) is 7.35. The van der Waals surface area contributed by atoms with Gasteiger partial charge in [-0.15, -0.1) is 0 Å². The van der Waals surface area contributed by atoms with Gasteiger partial charge in [-0.2, -0.15) is 0 Å². The monoisotopic (exact) mass is 360 g/mol. The average Bonchev–Trinajstić information content (AvgIpc) is 3.18. The van der Waals surface area contributed by atoms with Crippen molar-refractivity contribution in [1.29, 1.82) is 0 Å². The fraction of sp³-hybridized carbons (Fsp3) is 0.333. The first kappa shape index (κ1) is 19.2. The van der Waals surface area contributed by atoms with Crippen LogP contribution in [0.25, 0.3) is 0 Å². The zero-order valence-electron chi connectivity index (χ0n) is 15.2. The Morgan fingerprint density at radius 3 is 2.62 bits per heavy atom. The lowest BCUT2D eigenvalue weighted by Gasteiger charge is -2.13. The van der Waals surface area contributed by atoms with E-state index < -0.39 is 0 Å². The zero-order chi connectivity index (χ0) is 18.8. The second-order valence-electron chi connectivity index (χ2n) is 5.25. The van der Waals surface area contributed by atoms with Gasteiger partial charge in [-0.05, 0) is 31.2 Å². The van der Waals surface area contributed by atoms with E-state index in [1.54, 1.807) is 44.7 Å². The fourth-order valence-corrected chi connectivity index (χ4v) is 2.16. The number of methoxy groups -OCH3 is 2. The molecule has 1 heterocycles. The molecule has 0 unspecified atom stereocenters. The van der Waals surface area contributed by atoms with Crippen molar-refractivity contribution >= 4 is 17.6 Å². The summed E-state index contributed by atoms with van der Waals surface area (Å²) in [7, 11) is 3.15. The van der Waals surface area contributed by atoms with Crippen molar-refractivity contribution in [2.24, 2.45) is 4.99 Å². The van der Waals surface area contributed by atoms with Crippen molar-refractivity contribution in [2.45, 2.75) is 13.5 Å². The third-order valence-electron chi connectivity index (χ3n) is 3.41. The van der Waals surface area contributed by atoms with E-state index in [2.05, 4.69) is 20.9 Å². The summed E-state index contributed by atoms with van der Waals surface area (Å²) in [5, 5.41) is 8.97. The Labute approximate surface area is 152 Å². The van der Waals surface area contributed by atoms with Crippen LogP contribution in [0.5, 0.6) is 11.5 Å². The molecule has 3 N–H and O–H groups in total. The van der Waals surface area contributed by atoms with Gasteiger partial charge >= 0.3 is 0 Å². The van der Waals surface area contributed by atoms with E-state index in [1.165, 1.54) is 0 Å². The Hall–Kier alpha value is -3.16. The topological polar surface area (TPSA) is 97.1 Å². The summed E-state index contributed by atoms with van der Waals surface area (Å²) < 4.78 is 15.7. The number of aliphatic imine (C=N–C) groups is 1. The molecule has 2 aromatic rings. The van der Waals surface area contributed by atoms with Gasteiger partial charge in [0.05, 0.1) is 27.0 Å². The number of hydrogen-bond donors (Lipinski definition) is 3. The van der Waals surface area contributed by atoms with Crippen LogP contribution >= 0.6 is 0 Å². The van der Waals surface area contributed by atoms with Gasteiger partial charge in [0.1, 0.15) is 12.3 Å². The van der Waals surface area contributed by atoms with Crippen LogP contribution in [-0.4, -0.2) is 39.2 Å².